The molecule has 42 heavy (non-hydrogen) atoms. The molecule has 0 amide bonds. The van der Waals surface area contributed by atoms with E-state index in [-0.39, 0.29) is 17.2 Å². The summed E-state index contributed by atoms with van der Waals surface area (Å²) in [5, 5.41) is 1.07. The number of nitrogens with zero attached hydrogens (tertiary/aromatic N) is 1. The highest BCUT2D eigenvalue weighted by atomic mass is 19.4. The molecule has 0 atom stereocenters. The number of para-hydroxylation sites is 1. The molecule has 208 valence electrons. The van der Waals surface area contributed by atoms with Crippen LogP contribution in [0.4, 0.5) is 26.3 Å². The summed E-state index contributed by atoms with van der Waals surface area (Å²) in [7, 11) is 0. The number of hydrogen-bond donors (Lipinski definition) is 0. The molecular formula is C35H21F6N. The summed E-state index contributed by atoms with van der Waals surface area (Å²) in [6.45, 7) is 0. The minimum atomic E-state index is -4.90. The topological polar surface area (TPSA) is 12.9 Å². The fourth-order valence-corrected chi connectivity index (χ4v) is 4.92. The van der Waals surface area contributed by atoms with Gasteiger partial charge in [-0.05, 0) is 69.3 Å². The van der Waals surface area contributed by atoms with E-state index in [4.69, 9.17) is 0 Å². The molecule has 0 unspecified atom stereocenters. The molecule has 0 saturated heterocycles. The van der Waals surface area contributed by atoms with Crippen LogP contribution in [0.25, 0.3) is 55.4 Å². The monoisotopic (exact) mass is 569 g/mol. The fourth-order valence-electron chi connectivity index (χ4n) is 4.92. The Kier molecular flexibility index (Phi) is 6.81. The summed E-state index contributed by atoms with van der Waals surface area (Å²) in [6, 6.07) is 34.1. The van der Waals surface area contributed by atoms with Crippen molar-refractivity contribution < 1.29 is 26.3 Å². The Morgan fingerprint density at radius 1 is 0.381 bits per heavy atom. The quantitative estimate of drug-likeness (QED) is 0.193. The van der Waals surface area contributed by atoms with Crippen LogP contribution in [0, 0.1) is 0 Å². The first-order valence-corrected chi connectivity index (χ1v) is 13.0. The maximum atomic E-state index is 13.3. The van der Waals surface area contributed by atoms with Gasteiger partial charge in [0.2, 0.25) is 0 Å². The third-order valence-corrected chi connectivity index (χ3v) is 7.17. The van der Waals surface area contributed by atoms with Crippen LogP contribution in [-0.4, -0.2) is 4.98 Å². The van der Waals surface area contributed by atoms with Gasteiger partial charge in [0.15, 0.2) is 0 Å². The van der Waals surface area contributed by atoms with E-state index >= 15 is 0 Å². The maximum Gasteiger partial charge on any atom is 0.416 e. The van der Waals surface area contributed by atoms with Crippen LogP contribution in [0.2, 0.25) is 0 Å². The lowest BCUT2D eigenvalue weighted by Gasteiger charge is -2.14. The number of aromatic nitrogens is 1. The van der Waals surface area contributed by atoms with Gasteiger partial charge >= 0.3 is 12.4 Å². The summed E-state index contributed by atoms with van der Waals surface area (Å²) in [5.74, 6) is 0. The Balaban J connectivity index is 1.22. The van der Waals surface area contributed by atoms with Crippen molar-refractivity contribution in [3.8, 4) is 44.5 Å². The molecule has 6 aromatic rings. The van der Waals surface area contributed by atoms with Crippen LogP contribution in [0.5, 0.6) is 0 Å². The van der Waals surface area contributed by atoms with E-state index in [1.54, 1.807) is 12.1 Å². The summed E-state index contributed by atoms with van der Waals surface area (Å²) in [5.41, 5.74) is 4.13. The fraction of sp³-hybridized carbons (Fsp3) is 0.0571. The first kappa shape index (κ1) is 27.3. The molecule has 7 heteroatoms. The molecule has 0 aliphatic carbocycles. The van der Waals surface area contributed by atoms with Crippen molar-refractivity contribution in [2.45, 2.75) is 12.4 Å². The van der Waals surface area contributed by atoms with Gasteiger partial charge in [0.05, 0.1) is 16.6 Å². The third kappa shape index (κ3) is 5.63. The van der Waals surface area contributed by atoms with E-state index in [9.17, 15) is 26.3 Å². The van der Waals surface area contributed by atoms with E-state index in [2.05, 4.69) is 11.1 Å². The van der Waals surface area contributed by atoms with Crippen LogP contribution < -0.4 is 0 Å². The van der Waals surface area contributed by atoms with Crippen LogP contribution in [0.1, 0.15) is 11.1 Å². The number of benzene rings is 5. The summed E-state index contributed by atoms with van der Waals surface area (Å²) in [6.07, 6.45) is -7.93. The second kappa shape index (κ2) is 10.5. The Morgan fingerprint density at radius 2 is 0.762 bits per heavy atom. The molecule has 5 aromatic carbocycles. The molecule has 0 saturated carbocycles. The second-order valence-electron chi connectivity index (χ2n) is 9.94. The summed E-state index contributed by atoms with van der Waals surface area (Å²) in [4.78, 5) is 4.54. The van der Waals surface area contributed by atoms with Crippen LogP contribution in [0.15, 0.2) is 128 Å². The Labute approximate surface area is 237 Å². The summed E-state index contributed by atoms with van der Waals surface area (Å²) < 4.78 is 79.6. The zero-order valence-electron chi connectivity index (χ0n) is 21.8. The van der Waals surface area contributed by atoms with Gasteiger partial charge in [-0.25, -0.2) is 0 Å². The van der Waals surface area contributed by atoms with Crippen molar-refractivity contribution in [2.24, 2.45) is 0 Å². The zero-order chi connectivity index (χ0) is 29.5. The lowest BCUT2D eigenvalue weighted by Crippen LogP contribution is -2.11. The van der Waals surface area contributed by atoms with Crippen molar-refractivity contribution in [2.75, 3.05) is 0 Å². The van der Waals surface area contributed by atoms with E-state index in [1.807, 2.05) is 79.0 Å². The molecule has 6 rings (SSSR count). The second-order valence-corrected chi connectivity index (χ2v) is 9.94. The highest BCUT2D eigenvalue weighted by Gasteiger charge is 2.37. The molecule has 0 aliphatic heterocycles. The number of hydrogen-bond acceptors (Lipinski definition) is 1. The predicted molar refractivity (Wildman–Crippen MR) is 153 cm³/mol. The Hall–Kier alpha value is -4.91. The van der Waals surface area contributed by atoms with Gasteiger partial charge in [0, 0.05) is 17.1 Å². The summed E-state index contributed by atoms with van der Waals surface area (Å²) >= 11 is 0. The number of pyridine rings is 1. The molecule has 0 spiro atoms. The normalized spacial score (nSPS) is 12.0. The largest absolute Gasteiger partial charge is 0.416 e. The van der Waals surface area contributed by atoms with Crippen molar-refractivity contribution in [3.05, 3.63) is 139 Å². The minimum absolute atomic E-state index is 0.133. The first-order valence-electron chi connectivity index (χ1n) is 13.0. The Bertz CT molecular complexity index is 1840. The van der Waals surface area contributed by atoms with E-state index in [1.165, 1.54) is 12.1 Å². The third-order valence-electron chi connectivity index (χ3n) is 7.17. The molecule has 0 radical (unpaired) electrons. The molecule has 0 fully saturated rings. The van der Waals surface area contributed by atoms with Crippen molar-refractivity contribution >= 4 is 10.9 Å². The van der Waals surface area contributed by atoms with Crippen molar-refractivity contribution in [1.82, 2.24) is 4.98 Å². The lowest BCUT2D eigenvalue weighted by atomic mass is 9.95. The van der Waals surface area contributed by atoms with Gasteiger partial charge in [-0.2, -0.15) is 26.3 Å². The maximum absolute atomic E-state index is 13.3. The highest BCUT2D eigenvalue weighted by Crippen LogP contribution is 2.39. The SMILES string of the molecule is FC(F)(F)c1cc(-c2ccc(-c3ccc(-c4ccc(-c5cnc6ccccc6c5)cc4)cc3)cc2)cc(C(F)(F)F)c1. The molecule has 1 aromatic heterocycles. The van der Waals surface area contributed by atoms with Crippen LogP contribution in [-0.2, 0) is 12.4 Å². The molecule has 0 N–H and O–H groups in total. The molecule has 1 nitrogen and oxygen atoms in total. The number of alkyl halides is 6. The highest BCUT2D eigenvalue weighted by molar-refractivity contribution is 5.84. The minimum Gasteiger partial charge on any atom is -0.256 e. The van der Waals surface area contributed by atoms with Gasteiger partial charge in [-0.15, -0.1) is 0 Å². The Morgan fingerprint density at radius 3 is 1.19 bits per heavy atom. The standard InChI is InChI=1S/C35H21F6N/c36-34(37,38)31-18-29(19-32(20-31)35(39,40)41)26-13-9-24(10-14-26)22-5-7-23(8-6-22)25-11-15-27(16-12-25)30-17-28-3-1-2-4-33(28)42-21-30/h1-21H. The van der Waals surface area contributed by atoms with Crippen LogP contribution in [0.3, 0.4) is 0 Å². The first-order chi connectivity index (χ1) is 20.0. The van der Waals surface area contributed by atoms with Gasteiger partial charge in [0.1, 0.15) is 0 Å². The van der Waals surface area contributed by atoms with Gasteiger partial charge in [-0.3, -0.25) is 4.98 Å². The lowest BCUT2D eigenvalue weighted by molar-refractivity contribution is -0.143. The van der Waals surface area contributed by atoms with Gasteiger partial charge in [-0.1, -0.05) is 91.0 Å². The van der Waals surface area contributed by atoms with Crippen molar-refractivity contribution in [1.29, 1.82) is 0 Å². The average Bonchev–Trinajstić information content (AvgIpc) is 3.00. The zero-order valence-corrected chi connectivity index (χ0v) is 21.8. The number of fused-ring (bicyclic) bond motifs is 1. The predicted octanol–water partition coefficient (Wildman–Crippen LogP) is 10.9. The molecular weight excluding hydrogens is 548 g/mol. The van der Waals surface area contributed by atoms with Gasteiger partial charge < -0.3 is 0 Å². The average molecular weight is 570 g/mol. The van der Waals surface area contributed by atoms with Crippen molar-refractivity contribution in [3.63, 3.8) is 0 Å². The van der Waals surface area contributed by atoms with Gasteiger partial charge in [0.25, 0.3) is 0 Å². The molecule has 1 heterocycles. The number of halogens is 6. The van der Waals surface area contributed by atoms with E-state index in [0.717, 1.165) is 56.4 Å². The number of rotatable bonds is 4. The smallest absolute Gasteiger partial charge is 0.256 e. The molecule has 0 bridgehead atoms. The van der Waals surface area contributed by atoms with Crippen LogP contribution >= 0.6 is 0 Å². The van der Waals surface area contributed by atoms with E-state index < -0.39 is 23.5 Å². The molecule has 0 aliphatic rings. The van der Waals surface area contributed by atoms with E-state index in [0.29, 0.717) is 0 Å².